The molecule has 1 saturated heterocycles. The third kappa shape index (κ3) is 2.86. The molecule has 0 spiro atoms. The fourth-order valence-corrected chi connectivity index (χ4v) is 5.17. The van der Waals surface area contributed by atoms with Crippen LogP contribution in [-0.4, -0.2) is 40.3 Å². The molecule has 3 heterocycles. The molecule has 5 rings (SSSR count). The first-order valence-corrected chi connectivity index (χ1v) is 10.4. The maximum absolute atomic E-state index is 13.5. The quantitative estimate of drug-likeness (QED) is 0.783. The van der Waals surface area contributed by atoms with Gasteiger partial charge in [-0.1, -0.05) is 12.7 Å². The summed E-state index contributed by atoms with van der Waals surface area (Å²) in [5.41, 5.74) is 1.41. The first-order chi connectivity index (χ1) is 13.9. The van der Waals surface area contributed by atoms with Crippen molar-refractivity contribution < 1.29 is 9.13 Å². The molecule has 2 atom stereocenters. The molecule has 0 bridgehead atoms. The van der Waals surface area contributed by atoms with Crippen LogP contribution in [0.2, 0.25) is 0 Å². The summed E-state index contributed by atoms with van der Waals surface area (Å²) in [4.78, 5) is 28.5. The van der Waals surface area contributed by atoms with E-state index in [0.717, 1.165) is 13.0 Å². The Morgan fingerprint density at radius 2 is 2.03 bits per heavy atom. The van der Waals surface area contributed by atoms with Gasteiger partial charge in [-0.2, -0.15) is 0 Å². The van der Waals surface area contributed by atoms with Gasteiger partial charge in [-0.15, -0.1) is 0 Å². The minimum absolute atomic E-state index is 0.0496. The van der Waals surface area contributed by atoms with Crippen LogP contribution in [0.1, 0.15) is 36.6 Å². The number of allylic oxidation sites excluding steroid dienone is 3. The Morgan fingerprint density at radius 1 is 1.28 bits per heavy atom. The number of halogens is 1. The fourth-order valence-electron chi connectivity index (χ4n) is 5.17. The van der Waals surface area contributed by atoms with Crippen LogP contribution in [-0.2, 0) is 11.3 Å². The molecule has 2 aliphatic carbocycles. The van der Waals surface area contributed by atoms with E-state index in [4.69, 9.17) is 4.74 Å². The van der Waals surface area contributed by atoms with E-state index in [1.807, 2.05) is 6.08 Å². The number of hydrogen-bond donors (Lipinski definition) is 0. The Bertz CT molecular complexity index is 1060. The molecule has 29 heavy (non-hydrogen) atoms. The molecule has 1 saturated carbocycles. The lowest BCUT2D eigenvalue weighted by molar-refractivity contribution is 0.0667. The topological polar surface area (TPSA) is 56.5 Å². The summed E-state index contributed by atoms with van der Waals surface area (Å²) in [6.45, 7) is 9.08. The van der Waals surface area contributed by atoms with Gasteiger partial charge in [0, 0.05) is 49.9 Å². The van der Waals surface area contributed by atoms with Gasteiger partial charge in [-0.25, -0.2) is 9.18 Å². The van der Waals surface area contributed by atoms with E-state index < -0.39 is 0 Å². The van der Waals surface area contributed by atoms with Crippen LogP contribution in [0.4, 0.5) is 4.39 Å². The summed E-state index contributed by atoms with van der Waals surface area (Å²) in [5, 5.41) is 0. The normalized spacial score (nSPS) is 28.8. The van der Waals surface area contributed by atoms with Gasteiger partial charge < -0.3 is 9.64 Å². The molecule has 1 aromatic rings. The lowest BCUT2D eigenvalue weighted by atomic mass is 9.97. The van der Waals surface area contributed by atoms with E-state index in [-0.39, 0.29) is 34.5 Å². The van der Waals surface area contributed by atoms with E-state index in [2.05, 4.69) is 11.5 Å². The minimum atomic E-state index is -0.242. The van der Waals surface area contributed by atoms with E-state index in [1.54, 1.807) is 23.6 Å². The number of hydrogen-bond acceptors (Lipinski definition) is 4. The molecule has 6 nitrogen and oxygen atoms in total. The second-order valence-corrected chi connectivity index (χ2v) is 8.72. The third-order valence-corrected chi connectivity index (χ3v) is 7.00. The molecule has 0 radical (unpaired) electrons. The third-order valence-electron chi connectivity index (χ3n) is 7.00. The molecule has 7 heteroatoms. The number of nitrogens with zero attached hydrogens (tertiary/aromatic N) is 3. The van der Waals surface area contributed by atoms with Crippen LogP contribution < -0.4 is 11.2 Å². The van der Waals surface area contributed by atoms with Crippen molar-refractivity contribution in [1.29, 1.82) is 0 Å². The van der Waals surface area contributed by atoms with Gasteiger partial charge in [0.1, 0.15) is 5.83 Å². The van der Waals surface area contributed by atoms with Crippen molar-refractivity contribution in [3.63, 3.8) is 0 Å². The molecular weight excluding hydrogens is 373 g/mol. The molecule has 0 amide bonds. The highest BCUT2D eigenvalue weighted by Gasteiger charge is 2.53. The van der Waals surface area contributed by atoms with Crippen molar-refractivity contribution >= 4 is 5.70 Å². The number of aromatic nitrogens is 2. The summed E-state index contributed by atoms with van der Waals surface area (Å²) in [6.07, 6.45) is 7.51. The van der Waals surface area contributed by atoms with Gasteiger partial charge in [0.15, 0.2) is 0 Å². The van der Waals surface area contributed by atoms with Crippen molar-refractivity contribution in [1.82, 2.24) is 14.0 Å². The molecule has 2 fully saturated rings. The van der Waals surface area contributed by atoms with E-state index in [0.29, 0.717) is 56.1 Å². The van der Waals surface area contributed by atoms with Crippen LogP contribution in [0.5, 0.6) is 0 Å². The van der Waals surface area contributed by atoms with Crippen LogP contribution in [0.25, 0.3) is 5.70 Å². The summed E-state index contributed by atoms with van der Waals surface area (Å²) in [7, 11) is 0. The lowest BCUT2D eigenvalue weighted by Crippen LogP contribution is -2.50. The molecule has 4 aliphatic rings. The summed E-state index contributed by atoms with van der Waals surface area (Å²) in [5.74, 6) is 0.0639. The average Bonchev–Trinajstić information content (AvgIpc) is 3.41. The minimum Gasteiger partial charge on any atom is -0.381 e. The summed E-state index contributed by atoms with van der Waals surface area (Å²) in [6, 6.07) is -0.105. The highest BCUT2D eigenvalue weighted by molar-refractivity contribution is 5.63. The molecule has 1 aromatic heterocycles. The molecule has 0 aromatic carbocycles. The Hall–Kier alpha value is -2.41. The zero-order valence-electron chi connectivity index (χ0n) is 16.7. The van der Waals surface area contributed by atoms with Crippen LogP contribution >= 0.6 is 0 Å². The second kappa shape index (κ2) is 6.55. The van der Waals surface area contributed by atoms with Gasteiger partial charge in [0.25, 0.3) is 5.56 Å². The van der Waals surface area contributed by atoms with Crippen LogP contribution in [0.15, 0.2) is 40.2 Å². The number of rotatable bonds is 3. The van der Waals surface area contributed by atoms with Gasteiger partial charge >= 0.3 is 5.69 Å². The second-order valence-electron chi connectivity index (χ2n) is 8.72. The number of fused-ring (bicyclic) bond motifs is 2. The molecule has 2 unspecified atom stereocenters. The average molecular weight is 399 g/mol. The Morgan fingerprint density at radius 3 is 2.76 bits per heavy atom. The van der Waals surface area contributed by atoms with Crippen molar-refractivity contribution in [3.8, 4) is 0 Å². The monoisotopic (exact) mass is 399 g/mol. The van der Waals surface area contributed by atoms with Crippen molar-refractivity contribution in [2.75, 3.05) is 26.3 Å². The fraction of sp³-hybridized carbons (Fsp3) is 0.545. The SMILES string of the molecule is C=C1c2c(C)c(=O)n(C3CCOCC3)c(=O)n2CCN1CC12C=CC(F)=CC1C2. The first kappa shape index (κ1) is 18.6. The molecular formula is C22H26FN3O3. The predicted molar refractivity (Wildman–Crippen MR) is 108 cm³/mol. The Balaban J connectivity index is 1.47. The summed E-state index contributed by atoms with van der Waals surface area (Å²) < 4.78 is 22.0. The van der Waals surface area contributed by atoms with E-state index >= 15 is 0 Å². The highest BCUT2D eigenvalue weighted by Crippen LogP contribution is 2.58. The standard InChI is InChI=1S/C22H26FN3O3/c1-14-19-15(2)24(13-22-6-3-17(23)11-16(22)12-22)7-8-25(19)21(28)26(20(14)27)18-4-9-29-10-5-18/h3,6,11,16,18H,2,4-5,7-10,12-13H2,1H3. The van der Waals surface area contributed by atoms with Crippen molar-refractivity contribution in [2.45, 2.75) is 38.8 Å². The van der Waals surface area contributed by atoms with Gasteiger partial charge in [0.2, 0.25) is 0 Å². The maximum Gasteiger partial charge on any atom is 0.331 e. The van der Waals surface area contributed by atoms with Crippen molar-refractivity contribution in [2.24, 2.45) is 11.3 Å². The molecule has 2 aliphatic heterocycles. The largest absolute Gasteiger partial charge is 0.381 e. The van der Waals surface area contributed by atoms with Crippen LogP contribution in [0.3, 0.4) is 0 Å². The Labute approximate surface area is 168 Å². The van der Waals surface area contributed by atoms with E-state index in [1.165, 1.54) is 4.57 Å². The number of ether oxygens (including phenoxy) is 1. The molecule has 0 N–H and O–H groups in total. The zero-order valence-corrected chi connectivity index (χ0v) is 16.7. The smallest absolute Gasteiger partial charge is 0.331 e. The van der Waals surface area contributed by atoms with Gasteiger partial charge in [-0.05, 0) is 44.3 Å². The first-order valence-electron chi connectivity index (χ1n) is 10.4. The lowest BCUT2D eigenvalue weighted by Gasteiger charge is -2.37. The van der Waals surface area contributed by atoms with Crippen LogP contribution in [0, 0.1) is 18.3 Å². The van der Waals surface area contributed by atoms with E-state index in [9.17, 15) is 14.0 Å². The van der Waals surface area contributed by atoms with Gasteiger partial charge in [-0.3, -0.25) is 13.9 Å². The maximum atomic E-state index is 13.5. The zero-order chi connectivity index (χ0) is 20.3. The predicted octanol–water partition coefficient (Wildman–Crippen LogP) is 2.39. The van der Waals surface area contributed by atoms with Gasteiger partial charge in [0.05, 0.1) is 11.4 Å². The molecule has 154 valence electrons. The highest BCUT2D eigenvalue weighted by atomic mass is 19.1. The summed E-state index contributed by atoms with van der Waals surface area (Å²) >= 11 is 0. The van der Waals surface area contributed by atoms with Crippen molar-refractivity contribution in [3.05, 3.63) is 62.7 Å². The Kier molecular flexibility index (Phi) is 4.21.